The van der Waals surface area contributed by atoms with E-state index in [1.54, 1.807) is 0 Å². The van der Waals surface area contributed by atoms with Crippen LogP contribution in [0.1, 0.15) is 126 Å². The van der Waals surface area contributed by atoms with Crippen molar-refractivity contribution < 1.29 is 4.48 Å². The van der Waals surface area contributed by atoms with Gasteiger partial charge >= 0.3 is 0 Å². The molecule has 0 amide bonds. The maximum Gasteiger partial charge on any atom is 0.0888 e. The first-order chi connectivity index (χ1) is 13.7. The van der Waals surface area contributed by atoms with Gasteiger partial charge in [-0.25, -0.2) is 0 Å². The van der Waals surface area contributed by atoms with Crippen LogP contribution in [0.3, 0.4) is 0 Å². The Hall–Kier alpha value is -0.300. The molecule has 0 saturated carbocycles. The molecule has 174 valence electrons. The largest absolute Gasteiger partial charge is 0.324 e. The van der Waals surface area contributed by atoms with E-state index >= 15 is 0 Å². The predicted octanol–water partition coefficient (Wildman–Crippen LogP) is 9.03. The van der Waals surface area contributed by atoms with Gasteiger partial charge in [0.1, 0.15) is 0 Å². The summed E-state index contributed by atoms with van der Waals surface area (Å²) in [6.07, 6.45) is 16.4. The highest BCUT2D eigenvalue weighted by Gasteiger charge is 2.30. The summed E-state index contributed by atoms with van der Waals surface area (Å²) in [7, 11) is 2.55. The van der Waals surface area contributed by atoms with Crippen molar-refractivity contribution in [2.75, 3.05) is 20.1 Å². The minimum absolute atomic E-state index is 0.852. The topological polar surface area (TPSA) is 0 Å². The highest BCUT2D eigenvalue weighted by molar-refractivity contribution is 4.87. The molecule has 0 spiro atoms. The van der Waals surface area contributed by atoms with Gasteiger partial charge in [-0.3, -0.25) is 0 Å². The fourth-order valence-electron chi connectivity index (χ4n) is 4.67. The predicted molar refractivity (Wildman–Crippen MR) is 134 cm³/mol. The van der Waals surface area contributed by atoms with Crippen LogP contribution in [0.5, 0.6) is 0 Å². The van der Waals surface area contributed by atoms with Crippen molar-refractivity contribution in [3.8, 4) is 0 Å². The number of unbranched alkanes of at least 4 members (excludes halogenated alkanes) is 1. The third-order valence-corrected chi connectivity index (χ3v) is 7.75. The summed E-state index contributed by atoms with van der Waals surface area (Å²) in [5, 5.41) is 0. The molecule has 1 nitrogen and oxygen atoms in total. The first-order valence-corrected chi connectivity index (χ1v) is 13.2. The number of hydrogen-bond donors (Lipinski definition) is 0. The molecule has 0 bridgehead atoms. The minimum atomic E-state index is 0.852. The van der Waals surface area contributed by atoms with Crippen LogP contribution < -0.4 is 0 Å². The third kappa shape index (κ3) is 13.6. The zero-order chi connectivity index (χ0) is 22.3. The SMILES string of the molecule is C=C(C)CCCCC(C)CCC(CCC)[N+](C)(CC)CCC(C)CCC(C)CC. The third-order valence-electron chi connectivity index (χ3n) is 7.75. The maximum atomic E-state index is 4.04. The Morgan fingerprint density at radius 3 is 1.90 bits per heavy atom. The fourth-order valence-corrected chi connectivity index (χ4v) is 4.67. The molecule has 0 N–H and O–H groups in total. The van der Waals surface area contributed by atoms with Crippen LogP contribution in [0.25, 0.3) is 0 Å². The Bertz CT molecular complexity index is 401. The van der Waals surface area contributed by atoms with E-state index in [1.807, 2.05) is 0 Å². The molecular weight excluding hydrogens is 350 g/mol. The van der Waals surface area contributed by atoms with Crippen LogP contribution in [0.15, 0.2) is 12.2 Å². The van der Waals surface area contributed by atoms with Crippen LogP contribution in [0.4, 0.5) is 0 Å². The van der Waals surface area contributed by atoms with Crippen molar-refractivity contribution in [3.05, 3.63) is 12.2 Å². The second-order valence-electron chi connectivity index (χ2n) is 10.8. The van der Waals surface area contributed by atoms with E-state index in [4.69, 9.17) is 0 Å². The molecule has 0 aliphatic rings. The van der Waals surface area contributed by atoms with Crippen molar-refractivity contribution in [3.63, 3.8) is 0 Å². The van der Waals surface area contributed by atoms with Gasteiger partial charge in [0, 0.05) is 0 Å². The van der Waals surface area contributed by atoms with Crippen molar-refractivity contribution in [1.29, 1.82) is 0 Å². The second kappa shape index (κ2) is 16.4. The van der Waals surface area contributed by atoms with Gasteiger partial charge in [-0.15, -0.1) is 6.58 Å². The molecule has 0 aliphatic heterocycles. The van der Waals surface area contributed by atoms with Gasteiger partial charge in [-0.2, -0.15) is 0 Å². The quantitative estimate of drug-likeness (QED) is 0.114. The molecule has 29 heavy (non-hydrogen) atoms. The van der Waals surface area contributed by atoms with E-state index in [0.29, 0.717) is 0 Å². The monoisotopic (exact) mass is 408 g/mol. The molecule has 0 heterocycles. The highest BCUT2D eigenvalue weighted by atomic mass is 15.3. The summed E-state index contributed by atoms with van der Waals surface area (Å²) in [6, 6.07) is 0.852. The Morgan fingerprint density at radius 2 is 1.34 bits per heavy atom. The highest BCUT2D eigenvalue weighted by Crippen LogP contribution is 2.27. The van der Waals surface area contributed by atoms with Crippen molar-refractivity contribution in [1.82, 2.24) is 0 Å². The Labute approximate surface area is 186 Å². The fraction of sp³-hybridized carbons (Fsp3) is 0.929. The molecule has 5 unspecified atom stereocenters. The standard InChI is InChI=1S/C28H58N/c1-10-15-28(21-20-26(7)17-14-13-16-24(4)5)29(9,12-3)23-22-27(8)19-18-25(6)11-2/h25-28H,4,10-23H2,1-3,5-9H3/q+1. The van der Waals surface area contributed by atoms with Gasteiger partial charge in [-0.05, 0) is 70.1 Å². The minimum Gasteiger partial charge on any atom is -0.324 e. The maximum absolute atomic E-state index is 4.04. The summed E-state index contributed by atoms with van der Waals surface area (Å²) in [5.74, 6) is 2.65. The molecule has 0 fully saturated rings. The van der Waals surface area contributed by atoms with Crippen molar-refractivity contribution in [2.24, 2.45) is 17.8 Å². The molecule has 0 aromatic heterocycles. The number of allylic oxidation sites excluding steroid dienone is 1. The first-order valence-electron chi connectivity index (χ1n) is 13.2. The van der Waals surface area contributed by atoms with Crippen molar-refractivity contribution in [2.45, 2.75) is 132 Å². The van der Waals surface area contributed by atoms with Crippen LogP contribution in [0, 0.1) is 17.8 Å². The first kappa shape index (κ1) is 28.7. The van der Waals surface area contributed by atoms with E-state index in [0.717, 1.165) is 23.8 Å². The summed E-state index contributed by atoms with van der Waals surface area (Å²) in [5.41, 5.74) is 1.34. The lowest BCUT2D eigenvalue weighted by Gasteiger charge is -2.42. The number of hydrogen-bond acceptors (Lipinski definition) is 0. The number of rotatable bonds is 19. The van der Waals surface area contributed by atoms with Gasteiger partial charge in [-0.1, -0.05) is 78.7 Å². The zero-order valence-electron chi connectivity index (χ0n) is 21.9. The lowest BCUT2D eigenvalue weighted by atomic mass is 9.91. The van der Waals surface area contributed by atoms with E-state index in [2.05, 4.69) is 62.1 Å². The molecule has 0 rings (SSSR count). The van der Waals surface area contributed by atoms with Gasteiger partial charge in [0.05, 0.1) is 26.2 Å². The normalized spacial score (nSPS) is 18.1. The molecule has 0 radical (unpaired) electrons. The number of nitrogens with zero attached hydrogens (tertiary/aromatic N) is 1. The molecule has 0 aromatic carbocycles. The zero-order valence-corrected chi connectivity index (χ0v) is 21.9. The van der Waals surface area contributed by atoms with Crippen LogP contribution in [0.2, 0.25) is 0 Å². The van der Waals surface area contributed by atoms with Crippen LogP contribution in [-0.4, -0.2) is 30.7 Å². The summed E-state index contributed by atoms with van der Waals surface area (Å²) >= 11 is 0. The average molecular weight is 409 g/mol. The van der Waals surface area contributed by atoms with E-state index in [1.165, 1.54) is 100 Å². The Balaban J connectivity index is 4.54. The molecule has 1 heteroatoms. The van der Waals surface area contributed by atoms with E-state index in [9.17, 15) is 0 Å². The molecule has 5 atom stereocenters. The number of quaternary nitrogens is 1. The van der Waals surface area contributed by atoms with Crippen LogP contribution in [-0.2, 0) is 0 Å². The van der Waals surface area contributed by atoms with Gasteiger partial charge < -0.3 is 4.48 Å². The van der Waals surface area contributed by atoms with Crippen molar-refractivity contribution >= 4 is 0 Å². The van der Waals surface area contributed by atoms with Gasteiger partial charge in [0.15, 0.2) is 0 Å². The Morgan fingerprint density at radius 1 is 0.759 bits per heavy atom. The smallest absolute Gasteiger partial charge is 0.0888 e. The average Bonchev–Trinajstić information content (AvgIpc) is 2.70. The lowest BCUT2D eigenvalue weighted by Crippen LogP contribution is -2.53. The Kier molecular flexibility index (Phi) is 16.2. The summed E-state index contributed by atoms with van der Waals surface area (Å²) < 4.78 is 1.30. The summed E-state index contributed by atoms with van der Waals surface area (Å²) in [4.78, 5) is 0. The van der Waals surface area contributed by atoms with E-state index in [-0.39, 0.29) is 0 Å². The molecular formula is C28H58N+. The van der Waals surface area contributed by atoms with Crippen LogP contribution >= 0.6 is 0 Å². The van der Waals surface area contributed by atoms with Gasteiger partial charge in [0.25, 0.3) is 0 Å². The molecule has 0 aliphatic carbocycles. The molecule has 0 saturated heterocycles. The van der Waals surface area contributed by atoms with Gasteiger partial charge in [0.2, 0.25) is 0 Å². The summed E-state index contributed by atoms with van der Waals surface area (Å²) in [6.45, 7) is 23.4. The second-order valence-corrected chi connectivity index (χ2v) is 10.8. The molecule has 0 aromatic rings. The van der Waals surface area contributed by atoms with E-state index < -0.39 is 0 Å². The lowest BCUT2D eigenvalue weighted by molar-refractivity contribution is -0.933.